The van der Waals surface area contributed by atoms with Crippen molar-refractivity contribution in [3.05, 3.63) is 66.4 Å². The van der Waals surface area contributed by atoms with Crippen LogP contribution in [0.15, 0.2) is 60.8 Å². The fourth-order valence-corrected chi connectivity index (χ4v) is 3.86. The van der Waals surface area contributed by atoms with E-state index in [1.54, 1.807) is 34.6 Å². The third-order valence-corrected chi connectivity index (χ3v) is 5.66. The van der Waals surface area contributed by atoms with E-state index in [9.17, 15) is 0 Å². The predicted molar refractivity (Wildman–Crippen MR) is 140 cm³/mol. The number of anilines is 1. The van der Waals surface area contributed by atoms with Crippen LogP contribution in [0.3, 0.4) is 0 Å². The zero-order valence-electron chi connectivity index (χ0n) is 21.1. The highest BCUT2D eigenvalue weighted by Crippen LogP contribution is 2.38. The van der Waals surface area contributed by atoms with E-state index in [2.05, 4.69) is 10.3 Å². The molecule has 0 radical (unpaired) electrons. The van der Waals surface area contributed by atoms with Crippen LogP contribution in [-0.4, -0.2) is 46.6 Å². The SMILES string of the molecule is COc1cc2nccc(Oc3ccc(NCCOc4cccc(OC)c4OC)cc3C)c2cc1OC. The van der Waals surface area contributed by atoms with Crippen molar-refractivity contribution in [3.8, 4) is 40.2 Å². The van der Waals surface area contributed by atoms with Crippen LogP contribution in [0.4, 0.5) is 5.69 Å². The van der Waals surface area contributed by atoms with Gasteiger partial charge in [0.1, 0.15) is 18.1 Å². The summed E-state index contributed by atoms with van der Waals surface area (Å²) in [5, 5.41) is 4.21. The van der Waals surface area contributed by atoms with E-state index in [0.29, 0.717) is 47.6 Å². The number of methoxy groups -OCH3 is 4. The number of pyridine rings is 1. The van der Waals surface area contributed by atoms with Gasteiger partial charge in [-0.25, -0.2) is 0 Å². The Hall–Kier alpha value is -4.33. The van der Waals surface area contributed by atoms with Crippen molar-refractivity contribution in [1.82, 2.24) is 4.98 Å². The molecule has 1 aromatic heterocycles. The fraction of sp³-hybridized carbons (Fsp3) is 0.250. The summed E-state index contributed by atoms with van der Waals surface area (Å²) in [7, 11) is 6.40. The number of aromatic nitrogens is 1. The van der Waals surface area contributed by atoms with E-state index in [1.165, 1.54) is 0 Å². The van der Waals surface area contributed by atoms with Crippen LogP contribution in [0.5, 0.6) is 40.2 Å². The van der Waals surface area contributed by atoms with Gasteiger partial charge in [-0.1, -0.05) is 6.07 Å². The first-order chi connectivity index (χ1) is 17.6. The zero-order valence-corrected chi connectivity index (χ0v) is 21.1. The molecule has 36 heavy (non-hydrogen) atoms. The van der Waals surface area contributed by atoms with Gasteiger partial charge in [-0.3, -0.25) is 4.98 Å². The van der Waals surface area contributed by atoms with Crippen LogP contribution in [0, 0.1) is 6.92 Å². The lowest BCUT2D eigenvalue weighted by Gasteiger charge is -2.15. The molecule has 0 spiro atoms. The van der Waals surface area contributed by atoms with E-state index in [4.69, 9.17) is 28.4 Å². The molecular weight excluding hydrogens is 460 g/mol. The summed E-state index contributed by atoms with van der Waals surface area (Å²) in [5.41, 5.74) is 2.71. The van der Waals surface area contributed by atoms with Gasteiger partial charge < -0.3 is 33.7 Å². The van der Waals surface area contributed by atoms with Gasteiger partial charge in [0.15, 0.2) is 23.0 Å². The summed E-state index contributed by atoms with van der Waals surface area (Å²) in [5.74, 6) is 4.52. The van der Waals surface area contributed by atoms with Crippen molar-refractivity contribution in [2.45, 2.75) is 6.92 Å². The lowest BCUT2D eigenvalue weighted by atomic mass is 10.1. The monoisotopic (exact) mass is 490 g/mol. The molecule has 8 nitrogen and oxygen atoms in total. The van der Waals surface area contributed by atoms with Gasteiger partial charge in [0, 0.05) is 29.9 Å². The minimum Gasteiger partial charge on any atom is -0.493 e. The molecule has 0 aliphatic heterocycles. The Kier molecular flexibility index (Phi) is 7.85. The Morgan fingerprint density at radius 2 is 1.47 bits per heavy atom. The summed E-state index contributed by atoms with van der Waals surface area (Å²) < 4.78 is 33.7. The van der Waals surface area contributed by atoms with Gasteiger partial charge in [-0.2, -0.15) is 0 Å². The lowest BCUT2D eigenvalue weighted by Crippen LogP contribution is -2.12. The van der Waals surface area contributed by atoms with Gasteiger partial charge in [-0.05, 0) is 55.0 Å². The average Bonchev–Trinajstić information content (AvgIpc) is 2.91. The number of hydrogen-bond acceptors (Lipinski definition) is 8. The maximum Gasteiger partial charge on any atom is 0.203 e. The molecule has 4 aromatic rings. The molecule has 0 saturated heterocycles. The molecule has 4 rings (SSSR count). The predicted octanol–water partition coefficient (Wildman–Crippen LogP) is 5.86. The second-order valence-corrected chi connectivity index (χ2v) is 7.88. The van der Waals surface area contributed by atoms with Crippen LogP contribution < -0.4 is 33.7 Å². The quantitative estimate of drug-likeness (QED) is 0.262. The summed E-state index contributed by atoms with van der Waals surface area (Å²) in [4.78, 5) is 4.44. The molecule has 188 valence electrons. The maximum atomic E-state index is 6.27. The Bertz CT molecular complexity index is 1340. The number of benzene rings is 3. The molecule has 8 heteroatoms. The van der Waals surface area contributed by atoms with E-state index in [0.717, 1.165) is 27.9 Å². The fourth-order valence-electron chi connectivity index (χ4n) is 3.86. The number of rotatable bonds is 11. The highest BCUT2D eigenvalue weighted by Gasteiger charge is 2.13. The van der Waals surface area contributed by atoms with Gasteiger partial charge >= 0.3 is 0 Å². The van der Waals surface area contributed by atoms with Gasteiger partial charge in [0.25, 0.3) is 0 Å². The summed E-state index contributed by atoms with van der Waals surface area (Å²) in [6.07, 6.45) is 1.71. The Morgan fingerprint density at radius 3 is 2.19 bits per heavy atom. The number of ether oxygens (including phenoxy) is 6. The Morgan fingerprint density at radius 1 is 0.722 bits per heavy atom. The van der Waals surface area contributed by atoms with Crippen molar-refractivity contribution >= 4 is 16.6 Å². The number of nitrogens with one attached hydrogen (secondary N) is 1. The van der Waals surface area contributed by atoms with E-state index in [1.807, 2.05) is 61.5 Å². The van der Waals surface area contributed by atoms with Gasteiger partial charge in [-0.15, -0.1) is 0 Å². The Labute approximate surface area is 210 Å². The molecule has 0 atom stereocenters. The minimum absolute atomic E-state index is 0.453. The molecular formula is C28H30N2O6. The topological polar surface area (TPSA) is 80.3 Å². The smallest absolute Gasteiger partial charge is 0.203 e. The first-order valence-corrected chi connectivity index (χ1v) is 11.4. The Balaban J connectivity index is 1.42. The number of nitrogens with zero attached hydrogens (tertiary/aromatic N) is 1. The van der Waals surface area contributed by atoms with E-state index >= 15 is 0 Å². The highest BCUT2D eigenvalue weighted by atomic mass is 16.5. The largest absolute Gasteiger partial charge is 0.493 e. The van der Waals surface area contributed by atoms with E-state index < -0.39 is 0 Å². The molecule has 0 amide bonds. The van der Waals surface area contributed by atoms with Crippen molar-refractivity contribution in [1.29, 1.82) is 0 Å². The van der Waals surface area contributed by atoms with Gasteiger partial charge in [0.05, 0.1) is 34.0 Å². The van der Waals surface area contributed by atoms with Crippen molar-refractivity contribution in [3.63, 3.8) is 0 Å². The van der Waals surface area contributed by atoms with Crippen LogP contribution in [0.25, 0.3) is 10.9 Å². The van der Waals surface area contributed by atoms with E-state index in [-0.39, 0.29) is 0 Å². The van der Waals surface area contributed by atoms with Crippen molar-refractivity contribution in [2.75, 3.05) is 46.9 Å². The number of aryl methyl sites for hydroxylation is 1. The van der Waals surface area contributed by atoms with Gasteiger partial charge in [0.2, 0.25) is 5.75 Å². The average molecular weight is 491 g/mol. The third kappa shape index (κ3) is 5.33. The molecule has 0 saturated carbocycles. The molecule has 0 aliphatic rings. The maximum absolute atomic E-state index is 6.27. The summed E-state index contributed by atoms with van der Waals surface area (Å²) in [6.45, 7) is 3.07. The number of fused-ring (bicyclic) bond motifs is 1. The molecule has 0 aliphatic carbocycles. The second-order valence-electron chi connectivity index (χ2n) is 7.88. The molecule has 0 bridgehead atoms. The lowest BCUT2D eigenvalue weighted by molar-refractivity contribution is 0.293. The third-order valence-electron chi connectivity index (χ3n) is 5.66. The van der Waals surface area contributed by atoms with Crippen molar-refractivity contribution in [2.24, 2.45) is 0 Å². The summed E-state index contributed by atoms with van der Waals surface area (Å²) >= 11 is 0. The van der Waals surface area contributed by atoms with Crippen LogP contribution in [-0.2, 0) is 0 Å². The van der Waals surface area contributed by atoms with Crippen LogP contribution in [0.1, 0.15) is 5.56 Å². The molecule has 0 unspecified atom stereocenters. The molecule has 1 N–H and O–H groups in total. The molecule has 3 aromatic carbocycles. The zero-order chi connectivity index (χ0) is 25.5. The minimum atomic E-state index is 0.453. The van der Waals surface area contributed by atoms with Crippen LogP contribution >= 0.6 is 0 Å². The van der Waals surface area contributed by atoms with Crippen LogP contribution in [0.2, 0.25) is 0 Å². The number of hydrogen-bond donors (Lipinski definition) is 1. The first kappa shape index (κ1) is 24.8. The first-order valence-electron chi connectivity index (χ1n) is 11.4. The standard InChI is InChI=1S/C28H30N2O6/c1-18-15-19(29-13-14-35-25-8-6-7-24(31-2)28(25)34-5)9-10-22(18)36-23-11-12-30-21-17-27(33-4)26(32-3)16-20(21)23/h6-12,15-17,29H,13-14H2,1-5H3. The summed E-state index contributed by atoms with van der Waals surface area (Å²) in [6, 6.07) is 17.1. The van der Waals surface area contributed by atoms with Crippen molar-refractivity contribution < 1.29 is 28.4 Å². The highest BCUT2D eigenvalue weighted by molar-refractivity contribution is 5.88. The normalized spacial score (nSPS) is 10.6. The molecule has 0 fully saturated rings. The molecule has 1 heterocycles. The second kappa shape index (κ2) is 11.4. The number of para-hydroxylation sites is 1.